The Morgan fingerprint density at radius 3 is 2.61 bits per heavy atom. The number of hydrogen-bond acceptors (Lipinski definition) is 4. The molecule has 28 heavy (non-hydrogen) atoms. The second kappa shape index (κ2) is 8.47. The van der Waals surface area contributed by atoms with Gasteiger partial charge >= 0.3 is 12.1 Å². The molecule has 0 aliphatic carbocycles. The number of carboxylic acid groups (broad SMARTS) is 1. The smallest absolute Gasteiger partial charge is 0.412 e. The molecule has 0 bridgehead atoms. The summed E-state index contributed by atoms with van der Waals surface area (Å²) in [6.45, 7) is 1.96. The molecular weight excluding hydrogens is 360 g/mol. The van der Waals surface area contributed by atoms with Crippen LogP contribution in [0.15, 0.2) is 48.7 Å². The number of nitrogens with one attached hydrogen (secondary N) is 2. The van der Waals surface area contributed by atoms with Gasteiger partial charge in [0.15, 0.2) is 0 Å². The largest absolute Gasteiger partial charge is 0.497 e. The Bertz CT molecular complexity index is 978. The van der Waals surface area contributed by atoms with Crippen LogP contribution in [0.1, 0.15) is 18.1 Å². The van der Waals surface area contributed by atoms with E-state index >= 15 is 0 Å². The number of carboxylic acids is 1. The quantitative estimate of drug-likeness (QED) is 0.578. The highest BCUT2D eigenvalue weighted by Crippen LogP contribution is 2.30. The molecule has 7 nitrogen and oxygen atoms in total. The van der Waals surface area contributed by atoms with Crippen molar-refractivity contribution < 1.29 is 24.2 Å². The predicted octanol–water partition coefficient (Wildman–Crippen LogP) is 3.73. The van der Waals surface area contributed by atoms with Crippen molar-refractivity contribution in [3.05, 3.63) is 59.8 Å². The number of aromatic amines is 1. The third kappa shape index (κ3) is 4.43. The van der Waals surface area contributed by atoms with Crippen molar-refractivity contribution in [3.8, 4) is 11.5 Å². The van der Waals surface area contributed by atoms with Crippen molar-refractivity contribution in [1.29, 1.82) is 0 Å². The Labute approximate surface area is 162 Å². The molecular formula is C21H22N2O5. The molecule has 0 aliphatic rings. The second-order valence-electron chi connectivity index (χ2n) is 6.53. The Morgan fingerprint density at radius 1 is 1.18 bits per heavy atom. The first-order valence-electron chi connectivity index (χ1n) is 8.88. The minimum absolute atomic E-state index is 0.314. The van der Waals surface area contributed by atoms with E-state index in [0.29, 0.717) is 18.7 Å². The third-order valence-corrected chi connectivity index (χ3v) is 4.50. The highest BCUT2D eigenvalue weighted by atomic mass is 16.6. The molecule has 0 fully saturated rings. The lowest BCUT2D eigenvalue weighted by Gasteiger charge is -2.10. The molecule has 0 saturated carbocycles. The molecule has 7 heteroatoms. The van der Waals surface area contributed by atoms with Gasteiger partial charge in [-0.25, -0.2) is 4.79 Å². The normalized spacial score (nSPS) is 11.8. The summed E-state index contributed by atoms with van der Waals surface area (Å²) in [4.78, 5) is 26.5. The molecule has 1 amide bonds. The summed E-state index contributed by atoms with van der Waals surface area (Å²) in [5.41, 5.74) is 2.49. The van der Waals surface area contributed by atoms with Gasteiger partial charge in [0.25, 0.3) is 0 Å². The van der Waals surface area contributed by atoms with Gasteiger partial charge in [-0.3, -0.25) is 4.79 Å². The summed E-state index contributed by atoms with van der Waals surface area (Å²) in [5, 5.41) is 12.6. The van der Waals surface area contributed by atoms with Gasteiger partial charge in [-0.1, -0.05) is 25.1 Å². The fourth-order valence-electron chi connectivity index (χ4n) is 2.94. The van der Waals surface area contributed by atoms with Crippen molar-refractivity contribution in [3.63, 3.8) is 0 Å². The number of fused-ring (bicyclic) bond motifs is 1. The molecule has 1 unspecified atom stereocenters. The Hall–Kier alpha value is -3.48. The van der Waals surface area contributed by atoms with Gasteiger partial charge in [0.1, 0.15) is 11.5 Å². The lowest BCUT2D eigenvalue weighted by Crippen LogP contribution is -2.26. The maximum Gasteiger partial charge on any atom is 0.412 e. The SMILES string of the molecule is COc1ccc(CNC(=O)Oc2cccc3[nH]cc(CC(C)C(=O)O)c23)cc1. The minimum atomic E-state index is -0.870. The van der Waals surface area contributed by atoms with Crippen molar-refractivity contribution in [2.75, 3.05) is 7.11 Å². The molecule has 1 heterocycles. The van der Waals surface area contributed by atoms with Crippen molar-refractivity contribution in [1.82, 2.24) is 10.3 Å². The van der Waals surface area contributed by atoms with Gasteiger partial charge in [0.05, 0.1) is 13.0 Å². The number of ether oxygens (including phenoxy) is 2. The average Bonchev–Trinajstić information content (AvgIpc) is 3.10. The zero-order valence-corrected chi connectivity index (χ0v) is 15.7. The Balaban J connectivity index is 1.71. The Morgan fingerprint density at radius 2 is 1.93 bits per heavy atom. The van der Waals surface area contributed by atoms with E-state index in [2.05, 4.69) is 10.3 Å². The summed E-state index contributed by atoms with van der Waals surface area (Å²) >= 11 is 0. The second-order valence-corrected chi connectivity index (χ2v) is 6.53. The lowest BCUT2D eigenvalue weighted by molar-refractivity contribution is -0.141. The fraction of sp³-hybridized carbons (Fsp3) is 0.238. The zero-order valence-electron chi connectivity index (χ0n) is 15.7. The standard InChI is InChI=1S/C21H22N2O5/c1-13(20(24)25)10-15-12-22-17-4-3-5-18(19(15)17)28-21(26)23-11-14-6-8-16(27-2)9-7-14/h3-9,12-13,22H,10-11H2,1-2H3,(H,23,26)(H,24,25). The molecule has 0 spiro atoms. The van der Waals surface area contributed by atoms with Crippen LogP contribution in [0.3, 0.4) is 0 Å². The average molecular weight is 382 g/mol. The lowest BCUT2D eigenvalue weighted by atomic mass is 10.0. The maximum atomic E-state index is 12.3. The highest BCUT2D eigenvalue weighted by Gasteiger charge is 2.18. The number of H-pyrrole nitrogens is 1. The van der Waals surface area contributed by atoms with Crippen LogP contribution >= 0.6 is 0 Å². The van der Waals surface area contributed by atoms with E-state index in [4.69, 9.17) is 14.6 Å². The Kier molecular flexibility index (Phi) is 5.84. The van der Waals surface area contributed by atoms with Crippen LogP contribution in [0, 0.1) is 5.92 Å². The van der Waals surface area contributed by atoms with Crippen molar-refractivity contribution >= 4 is 23.0 Å². The van der Waals surface area contributed by atoms with E-state index in [-0.39, 0.29) is 0 Å². The van der Waals surface area contributed by atoms with E-state index in [9.17, 15) is 9.59 Å². The summed E-state index contributed by atoms with van der Waals surface area (Å²) in [7, 11) is 1.59. The van der Waals surface area contributed by atoms with E-state index in [1.807, 2.05) is 30.3 Å². The van der Waals surface area contributed by atoms with Crippen LogP contribution in [0.25, 0.3) is 10.9 Å². The van der Waals surface area contributed by atoms with Gasteiger partial charge in [0.2, 0.25) is 0 Å². The van der Waals surface area contributed by atoms with Crippen molar-refractivity contribution in [2.24, 2.45) is 5.92 Å². The molecule has 0 radical (unpaired) electrons. The summed E-state index contributed by atoms with van der Waals surface area (Å²) < 4.78 is 10.6. The maximum absolute atomic E-state index is 12.3. The summed E-state index contributed by atoms with van der Waals surface area (Å²) in [6, 6.07) is 12.7. The number of rotatable bonds is 7. The topological polar surface area (TPSA) is 101 Å². The van der Waals surface area contributed by atoms with Gasteiger partial charge in [-0.05, 0) is 41.8 Å². The number of benzene rings is 2. The monoisotopic (exact) mass is 382 g/mol. The molecule has 3 aromatic rings. The molecule has 1 aromatic heterocycles. The number of carbonyl (C=O) groups is 2. The molecule has 0 aliphatic heterocycles. The summed E-state index contributed by atoms with van der Waals surface area (Å²) in [6.07, 6.45) is 1.51. The van der Waals surface area contributed by atoms with E-state index in [0.717, 1.165) is 27.8 Å². The molecule has 3 rings (SSSR count). The zero-order chi connectivity index (χ0) is 20.1. The van der Waals surface area contributed by atoms with Crippen LogP contribution in [0.4, 0.5) is 4.79 Å². The number of hydrogen-bond donors (Lipinski definition) is 3. The van der Waals surface area contributed by atoms with E-state index in [1.165, 1.54) is 0 Å². The highest BCUT2D eigenvalue weighted by molar-refractivity contribution is 5.91. The predicted molar refractivity (Wildman–Crippen MR) is 105 cm³/mol. The van der Waals surface area contributed by atoms with Crippen LogP contribution in [0.2, 0.25) is 0 Å². The van der Waals surface area contributed by atoms with Crippen LogP contribution in [-0.2, 0) is 17.8 Å². The van der Waals surface area contributed by atoms with E-state index < -0.39 is 18.0 Å². The van der Waals surface area contributed by atoms with Gasteiger partial charge in [0, 0.05) is 23.6 Å². The molecule has 3 N–H and O–H groups in total. The van der Waals surface area contributed by atoms with Crippen LogP contribution in [-0.4, -0.2) is 29.3 Å². The molecule has 146 valence electrons. The first-order valence-corrected chi connectivity index (χ1v) is 8.88. The first kappa shape index (κ1) is 19.3. The third-order valence-electron chi connectivity index (χ3n) is 4.50. The van der Waals surface area contributed by atoms with Crippen LogP contribution < -0.4 is 14.8 Å². The van der Waals surface area contributed by atoms with Crippen molar-refractivity contribution in [2.45, 2.75) is 19.9 Å². The molecule has 0 saturated heterocycles. The number of aromatic nitrogens is 1. The molecule has 2 aromatic carbocycles. The number of aliphatic carboxylic acids is 1. The van der Waals surface area contributed by atoms with Crippen LogP contribution in [0.5, 0.6) is 11.5 Å². The van der Waals surface area contributed by atoms with E-state index in [1.54, 1.807) is 32.4 Å². The van der Waals surface area contributed by atoms with Gasteiger partial charge in [-0.2, -0.15) is 0 Å². The fourth-order valence-corrected chi connectivity index (χ4v) is 2.94. The van der Waals surface area contributed by atoms with Gasteiger partial charge < -0.3 is 24.9 Å². The first-order chi connectivity index (χ1) is 13.5. The summed E-state index contributed by atoms with van der Waals surface area (Å²) in [5.74, 6) is -0.284. The number of methoxy groups -OCH3 is 1. The molecule has 1 atom stereocenters. The number of carbonyl (C=O) groups excluding carboxylic acids is 1. The minimum Gasteiger partial charge on any atom is -0.497 e. The number of amides is 1. The van der Waals surface area contributed by atoms with Gasteiger partial charge in [-0.15, -0.1) is 0 Å².